The molecule has 3 aromatic heterocycles. The first kappa shape index (κ1) is 27.5. The number of aryl methyl sites for hydroxylation is 1. The second kappa shape index (κ2) is 11.4. The van der Waals surface area contributed by atoms with E-state index < -0.39 is 6.17 Å². The fraction of sp³-hybridized carbons (Fsp3) is 0.0811. The minimum absolute atomic E-state index is 0.336. The van der Waals surface area contributed by atoms with Crippen LogP contribution in [0.5, 0.6) is 17.4 Å². The van der Waals surface area contributed by atoms with Crippen molar-refractivity contribution in [2.75, 3.05) is 7.11 Å². The van der Waals surface area contributed by atoms with Crippen LogP contribution in [0.3, 0.4) is 0 Å². The fourth-order valence-corrected chi connectivity index (χ4v) is 5.73. The van der Waals surface area contributed by atoms with Gasteiger partial charge in [-0.3, -0.25) is 4.57 Å². The summed E-state index contributed by atoms with van der Waals surface area (Å²) in [6, 6.07) is 35.4. The van der Waals surface area contributed by atoms with E-state index in [1.165, 1.54) is 7.11 Å². The molecule has 0 atom stereocenters. The number of hydrogen-bond acceptors (Lipinski definition) is 4. The molecule has 0 saturated carbocycles. The molecule has 0 saturated heterocycles. The molecule has 0 radical (unpaired) electrons. The van der Waals surface area contributed by atoms with Crippen molar-refractivity contribution in [1.82, 2.24) is 19.3 Å². The van der Waals surface area contributed by atoms with Crippen LogP contribution in [-0.2, 0) is 0 Å². The van der Waals surface area contributed by atoms with Crippen LogP contribution in [0.25, 0.3) is 54.1 Å². The van der Waals surface area contributed by atoms with Crippen molar-refractivity contribution in [3.05, 3.63) is 149 Å². The van der Waals surface area contributed by atoms with Gasteiger partial charge in [-0.1, -0.05) is 54.6 Å². The van der Waals surface area contributed by atoms with Crippen LogP contribution >= 0.6 is 0 Å². The number of aromatic nitrogens is 4. The molecule has 0 unspecified atom stereocenters. The SMILES string of the molecule is [C-]#[N+]C([N+]#[C-])c1c(-c2ccccc2)c(OC)nn1-c1cccc(Oc2ccc3c4ccccc4n(-c4cc(C)ccn4)c3c2)c1. The molecule has 7 aromatic rings. The monoisotopic (exact) mass is 586 g/mol. The number of fused-ring (bicyclic) bond motifs is 3. The average molecular weight is 587 g/mol. The van der Waals surface area contributed by atoms with E-state index in [1.807, 2.05) is 91.1 Å². The Bertz CT molecular complexity index is 2270. The van der Waals surface area contributed by atoms with E-state index in [4.69, 9.17) is 27.7 Å². The summed E-state index contributed by atoms with van der Waals surface area (Å²) < 4.78 is 15.9. The summed E-state index contributed by atoms with van der Waals surface area (Å²) in [5.41, 5.74) is 5.67. The van der Waals surface area contributed by atoms with E-state index in [1.54, 1.807) is 4.68 Å². The Morgan fingerprint density at radius 3 is 2.29 bits per heavy atom. The van der Waals surface area contributed by atoms with Gasteiger partial charge in [-0.25, -0.2) is 32.5 Å². The molecule has 0 amide bonds. The molecule has 8 heteroatoms. The van der Waals surface area contributed by atoms with Crippen molar-refractivity contribution in [2.45, 2.75) is 13.1 Å². The lowest BCUT2D eigenvalue weighted by Gasteiger charge is -2.11. The molecule has 0 fully saturated rings. The predicted octanol–water partition coefficient (Wildman–Crippen LogP) is 8.98. The van der Waals surface area contributed by atoms with Gasteiger partial charge in [0.05, 0.1) is 29.4 Å². The Morgan fingerprint density at radius 2 is 1.51 bits per heavy atom. The van der Waals surface area contributed by atoms with Crippen LogP contribution in [0.4, 0.5) is 0 Å². The second-order valence-electron chi connectivity index (χ2n) is 10.5. The predicted molar refractivity (Wildman–Crippen MR) is 175 cm³/mol. The number of benzene rings is 4. The number of hydrogen-bond donors (Lipinski definition) is 0. The van der Waals surface area contributed by atoms with Gasteiger partial charge in [0, 0.05) is 29.1 Å². The van der Waals surface area contributed by atoms with Crippen molar-refractivity contribution in [1.29, 1.82) is 0 Å². The highest BCUT2D eigenvalue weighted by atomic mass is 16.5. The fourth-order valence-electron chi connectivity index (χ4n) is 5.73. The molecule has 0 aliphatic carbocycles. The van der Waals surface area contributed by atoms with Gasteiger partial charge in [0.15, 0.2) is 0 Å². The van der Waals surface area contributed by atoms with Gasteiger partial charge in [0.2, 0.25) is 11.6 Å². The summed E-state index contributed by atoms with van der Waals surface area (Å²) in [6.45, 7) is 17.6. The van der Waals surface area contributed by atoms with E-state index in [0.29, 0.717) is 34.3 Å². The second-order valence-corrected chi connectivity index (χ2v) is 10.5. The maximum Gasteiger partial charge on any atom is 0.520 e. The zero-order chi connectivity index (χ0) is 30.9. The maximum atomic E-state index is 7.77. The van der Waals surface area contributed by atoms with Gasteiger partial charge in [-0.05, 0) is 60.5 Å². The highest BCUT2D eigenvalue weighted by Crippen LogP contribution is 2.40. The van der Waals surface area contributed by atoms with Crippen LogP contribution in [0, 0.1) is 20.1 Å². The summed E-state index contributed by atoms with van der Waals surface area (Å²) in [7, 11) is 1.54. The number of para-hydroxylation sites is 1. The zero-order valence-corrected chi connectivity index (χ0v) is 24.5. The Labute approximate surface area is 260 Å². The summed E-state index contributed by atoms with van der Waals surface area (Å²) in [5, 5.41) is 6.93. The van der Waals surface area contributed by atoms with Crippen molar-refractivity contribution < 1.29 is 9.47 Å². The van der Waals surface area contributed by atoms with Gasteiger partial charge in [0.1, 0.15) is 17.3 Å². The van der Waals surface area contributed by atoms with E-state index >= 15 is 0 Å². The van der Waals surface area contributed by atoms with E-state index in [9.17, 15) is 0 Å². The third-order valence-electron chi connectivity index (χ3n) is 7.71. The topological polar surface area (TPSA) is 62.8 Å². The first-order chi connectivity index (χ1) is 22.1. The molecule has 8 nitrogen and oxygen atoms in total. The number of rotatable bonds is 7. The molecule has 0 aliphatic heterocycles. The molecule has 216 valence electrons. The van der Waals surface area contributed by atoms with Crippen LogP contribution in [-0.4, -0.2) is 26.4 Å². The number of ether oxygens (including phenoxy) is 2. The molecule has 0 spiro atoms. The smallest absolute Gasteiger partial charge is 0.479 e. The van der Waals surface area contributed by atoms with Crippen LogP contribution in [0.15, 0.2) is 115 Å². The van der Waals surface area contributed by atoms with Crippen molar-refractivity contribution >= 4 is 21.8 Å². The van der Waals surface area contributed by atoms with Gasteiger partial charge >= 0.3 is 6.17 Å². The van der Waals surface area contributed by atoms with E-state index in [2.05, 4.69) is 50.4 Å². The first-order valence-corrected chi connectivity index (χ1v) is 14.3. The summed E-state index contributed by atoms with van der Waals surface area (Å²) in [5.74, 6) is 2.40. The van der Waals surface area contributed by atoms with Gasteiger partial charge in [0.25, 0.3) is 0 Å². The summed E-state index contributed by atoms with van der Waals surface area (Å²) >= 11 is 0. The lowest BCUT2D eigenvalue weighted by Crippen LogP contribution is -2.05. The van der Waals surface area contributed by atoms with Crippen LogP contribution in [0.1, 0.15) is 17.4 Å². The van der Waals surface area contributed by atoms with Gasteiger partial charge < -0.3 is 9.47 Å². The normalized spacial score (nSPS) is 11.0. The molecule has 3 heterocycles. The molecular weight excluding hydrogens is 560 g/mol. The van der Waals surface area contributed by atoms with Gasteiger partial charge in [-0.15, -0.1) is 5.10 Å². The number of methoxy groups -OCH3 is 1. The highest BCUT2D eigenvalue weighted by Gasteiger charge is 2.35. The maximum absolute atomic E-state index is 7.77. The quantitative estimate of drug-likeness (QED) is 0.175. The third kappa shape index (κ3) is 4.81. The molecule has 0 N–H and O–H groups in total. The Hall–Kier alpha value is -6.38. The summed E-state index contributed by atoms with van der Waals surface area (Å²) in [4.78, 5) is 11.9. The minimum Gasteiger partial charge on any atom is -0.479 e. The van der Waals surface area contributed by atoms with Crippen LogP contribution in [0.2, 0.25) is 0 Å². The summed E-state index contributed by atoms with van der Waals surface area (Å²) in [6.07, 6.45) is 0.714. The standard InChI is InChI=1S/C37H26N6O2/c1-24-19-20-40-33(21-24)42-31-16-9-8-15-29(31)30-18-17-28(23-32(30)42)45-27-14-10-13-26(22-27)43-35(36(38-2)39-3)34(37(41-43)44-4)25-11-6-5-7-12-25/h5-23,36H,1,4H3. The van der Waals surface area contributed by atoms with Crippen molar-refractivity contribution in [2.24, 2.45) is 0 Å². The Balaban J connectivity index is 1.33. The zero-order valence-electron chi connectivity index (χ0n) is 24.5. The number of pyridine rings is 1. The lowest BCUT2D eigenvalue weighted by atomic mass is 10.0. The highest BCUT2D eigenvalue weighted by molar-refractivity contribution is 6.09. The largest absolute Gasteiger partial charge is 0.520 e. The first-order valence-electron chi connectivity index (χ1n) is 14.3. The molecule has 45 heavy (non-hydrogen) atoms. The Morgan fingerprint density at radius 1 is 0.756 bits per heavy atom. The van der Waals surface area contributed by atoms with Crippen molar-refractivity contribution in [3.8, 4) is 40.0 Å². The average Bonchev–Trinajstić information content (AvgIpc) is 3.62. The number of nitrogens with zero attached hydrogens (tertiary/aromatic N) is 6. The molecule has 0 aliphatic rings. The van der Waals surface area contributed by atoms with E-state index in [0.717, 1.165) is 38.8 Å². The van der Waals surface area contributed by atoms with Crippen molar-refractivity contribution in [3.63, 3.8) is 0 Å². The van der Waals surface area contributed by atoms with Gasteiger partial charge in [-0.2, -0.15) is 0 Å². The molecular formula is C37H26N6O2. The Kier molecular flexibility index (Phi) is 6.93. The van der Waals surface area contributed by atoms with E-state index in [-0.39, 0.29) is 0 Å². The molecule has 4 aromatic carbocycles. The minimum atomic E-state index is -1.11. The molecule has 7 rings (SSSR count). The van der Waals surface area contributed by atoms with Crippen LogP contribution < -0.4 is 9.47 Å². The lowest BCUT2D eigenvalue weighted by molar-refractivity contribution is 0.395. The third-order valence-corrected chi connectivity index (χ3v) is 7.71. The molecule has 0 bridgehead atoms.